The predicted octanol–water partition coefficient (Wildman–Crippen LogP) is 3.62. The number of fused-ring (bicyclic) bond motifs is 2. The molecule has 2 heterocycles. The van der Waals surface area contributed by atoms with Gasteiger partial charge in [0.1, 0.15) is 5.75 Å². The summed E-state index contributed by atoms with van der Waals surface area (Å²) in [5, 5.41) is 3.61. The number of hydrogen-bond acceptors (Lipinski definition) is 3. The summed E-state index contributed by atoms with van der Waals surface area (Å²) in [5.41, 5.74) is 0.697. The third-order valence-electron chi connectivity index (χ3n) is 4.30. The maximum Gasteiger partial charge on any atom is 0.254 e. The Labute approximate surface area is 152 Å². The van der Waals surface area contributed by atoms with E-state index >= 15 is 0 Å². The number of ether oxygens (including phenoxy) is 1. The fraction of sp³-hybridized carbons (Fsp3) is 0.588. The van der Waals surface area contributed by atoms with Crippen LogP contribution in [-0.2, 0) is 0 Å². The molecule has 0 saturated carbocycles. The summed E-state index contributed by atoms with van der Waals surface area (Å²) in [5.74, 6) is 0.839. The second-order valence-electron chi connectivity index (χ2n) is 6.52. The van der Waals surface area contributed by atoms with Crippen molar-refractivity contribution < 1.29 is 9.53 Å². The number of carbonyl (C=O) groups excluding carboxylic acids is 1. The lowest BCUT2D eigenvalue weighted by Crippen LogP contribution is -2.39. The van der Waals surface area contributed by atoms with Crippen LogP contribution in [0.25, 0.3) is 0 Å². The van der Waals surface area contributed by atoms with Crippen LogP contribution in [-0.4, -0.2) is 42.1 Å². The van der Waals surface area contributed by atoms with Gasteiger partial charge in [-0.2, -0.15) is 0 Å². The maximum absolute atomic E-state index is 12.8. The van der Waals surface area contributed by atoms with E-state index in [0.29, 0.717) is 17.6 Å². The smallest absolute Gasteiger partial charge is 0.254 e. The van der Waals surface area contributed by atoms with Gasteiger partial charge in [-0.3, -0.25) is 4.79 Å². The molecule has 4 nitrogen and oxygen atoms in total. The van der Waals surface area contributed by atoms with Crippen LogP contribution in [0.4, 0.5) is 0 Å². The first-order valence-electron chi connectivity index (χ1n) is 8.04. The molecule has 2 saturated heterocycles. The van der Waals surface area contributed by atoms with Gasteiger partial charge in [-0.25, -0.2) is 0 Å². The number of halogens is 2. The summed E-state index contributed by atoms with van der Waals surface area (Å²) in [7, 11) is 0. The molecule has 6 heteroatoms. The molecule has 0 aliphatic carbocycles. The highest BCUT2D eigenvalue weighted by atomic mass is 79.9. The fourth-order valence-electron chi connectivity index (χ4n) is 3.34. The average Bonchev–Trinajstić information content (AvgIpc) is 2.76. The molecule has 1 amide bonds. The highest BCUT2D eigenvalue weighted by Crippen LogP contribution is 2.26. The summed E-state index contributed by atoms with van der Waals surface area (Å²) in [6.07, 6.45) is 3.56. The van der Waals surface area contributed by atoms with E-state index in [0.717, 1.165) is 29.7 Å². The van der Waals surface area contributed by atoms with Crippen LogP contribution in [0, 0.1) is 0 Å². The van der Waals surface area contributed by atoms with Crippen LogP contribution in [0.5, 0.6) is 5.75 Å². The van der Waals surface area contributed by atoms with E-state index in [-0.39, 0.29) is 24.4 Å². The van der Waals surface area contributed by atoms with Crippen molar-refractivity contribution in [3.8, 4) is 5.75 Å². The lowest BCUT2D eigenvalue weighted by atomic mass is 10.1. The molecule has 1 aromatic carbocycles. The lowest BCUT2D eigenvalue weighted by Gasteiger charge is -2.24. The van der Waals surface area contributed by atoms with Crippen molar-refractivity contribution in [1.82, 2.24) is 10.2 Å². The Bertz CT molecular complexity index is 568. The molecule has 128 valence electrons. The zero-order valence-electron chi connectivity index (χ0n) is 13.5. The Morgan fingerprint density at radius 2 is 2.00 bits per heavy atom. The molecule has 2 unspecified atom stereocenters. The molecule has 0 aromatic heterocycles. The highest BCUT2D eigenvalue weighted by Gasteiger charge is 2.31. The maximum atomic E-state index is 12.8. The molecular weight excluding hydrogens is 380 g/mol. The van der Waals surface area contributed by atoms with Gasteiger partial charge >= 0.3 is 0 Å². The third kappa shape index (κ3) is 4.61. The Morgan fingerprint density at radius 1 is 1.26 bits per heavy atom. The number of nitrogens with zero attached hydrogens (tertiary/aromatic N) is 1. The predicted molar refractivity (Wildman–Crippen MR) is 97.6 cm³/mol. The van der Waals surface area contributed by atoms with Gasteiger partial charge in [-0.15, -0.1) is 12.4 Å². The van der Waals surface area contributed by atoms with Gasteiger partial charge in [0.05, 0.1) is 6.10 Å². The molecule has 2 aliphatic heterocycles. The third-order valence-corrected chi connectivity index (χ3v) is 4.76. The van der Waals surface area contributed by atoms with E-state index in [1.165, 1.54) is 12.8 Å². The molecule has 1 aromatic rings. The highest BCUT2D eigenvalue weighted by molar-refractivity contribution is 9.10. The minimum absolute atomic E-state index is 0. The topological polar surface area (TPSA) is 41.6 Å². The number of amides is 1. The second kappa shape index (κ2) is 7.86. The Hall–Kier alpha value is -0.780. The molecule has 2 aliphatic rings. The second-order valence-corrected chi connectivity index (χ2v) is 7.44. The fourth-order valence-corrected chi connectivity index (χ4v) is 3.81. The van der Waals surface area contributed by atoms with Crippen molar-refractivity contribution in [2.24, 2.45) is 0 Å². The molecule has 23 heavy (non-hydrogen) atoms. The summed E-state index contributed by atoms with van der Waals surface area (Å²) < 4.78 is 6.61. The summed E-state index contributed by atoms with van der Waals surface area (Å²) in [6, 6.07) is 6.68. The van der Waals surface area contributed by atoms with Gasteiger partial charge in [0.15, 0.2) is 0 Å². The van der Waals surface area contributed by atoms with Crippen LogP contribution in [0.3, 0.4) is 0 Å². The SMILES string of the molecule is CC(C)Oc1cc(Br)cc(C(=O)N2CCC3CCC(C2)N3)c1.Cl. The van der Waals surface area contributed by atoms with E-state index in [4.69, 9.17) is 4.74 Å². The number of likely N-dealkylation sites (tertiary alicyclic amines) is 1. The van der Waals surface area contributed by atoms with Crippen LogP contribution < -0.4 is 10.1 Å². The van der Waals surface area contributed by atoms with Gasteiger partial charge in [0, 0.05) is 35.2 Å². The molecule has 2 bridgehead atoms. The number of carbonyl (C=O) groups is 1. The van der Waals surface area contributed by atoms with Crippen LogP contribution in [0.1, 0.15) is 43.5 Å². The first-order chi connectivity index (χ1) is 10.5. The zero-order valence-corrected chi connectivity index (χ0v) is 16.0. The number of nitrogens with one attached hydrogen (secondary N) is 1. The van der Waals surface area contributed by atoms with E-state index in [9.17, 15) is 4.79 Å². The zero-order chi connectivity index (χ0) is 15.7. The van der Waals surface area contributed by atoms with E-state index in [1.54, 1.807) is 0 Å². The normalized spacial score (nSPS) is 23.4. The molecule has 2 fully saturated rings. The van der Waals surface area contributed by atoms with Crippen molar-refractivity contribution in [2.75, 3.05) is 13.1 Å². The molecule has 0 radical (unpaired) electrons. The van der Waals surface area contributed by atoms with Crippen LogP contribution in [0.2, 0.25) is 0 Å². The summed E-state index contributed by atoms with van der Waals surface area (Å²) in [6.45, 7) is 5.61. The van der Waals surface area contributed by atoms with Gasteiger partial charge < -0.3 is 15.0 Å². The van der Waals surface area contributed by atoms with Gasteiger partial charge in [-0.05, 0) is 51.3 Å². The molecule has 3 rings (SSSR count). The minimum Gasteiger partial charge on any atom is -0.491 e. The van der Waals surface area contributed by atoms with E-state index in [1.807, 2.05) is 36.9 Å². The van der Waals surface area contributed by atoms with Gasteiger partial charge in [0.25, 0.3) is 5.91 Å². The quantitative estimate of drug-likeness (QED) is 0.838. The summed E-state index contributed by atoms with van der Waals surface area (Å²) >= 11 is 3.48. The van der Waals surface area contributed by atoms with Crippen LogP contribution >= 0.6 is 28.3 Å². The Kier molecular flexibility index (Phi) is 6.34. The first kappa shape index (κ1) is 18.6. The number of benzene rings is 1. The molecular formula is C17H24BrClN2O2. The van der Waals surface area contributed by atoms with E-state index in [2.05, 4.69) is 21.2 Å². The van der Waals surface area contributed by atoms with Gasteiger partial charge in [0.2, 0.25) is 0 Å². The monoisotopic (exact) mass is 402 g/mol. The van der Waals surface area contributed by atoms with E-state index < -0.39 is 0 Å². The Morgan fingerprint density at radius 3 is 2.74 bits per heavy atom. The molecule has 1 N–H and O–H groups in total. The van der Waals surface area contributed by atoms with Gasteiger partial charge in [-0.1, -0.05) is 15.9 Å². The number of rotatable bonds is 3. The summed E-state index contributed by atoms with van der Waals surface area (Å²) in [4.78, 5) is 14.8. The first-order valence-corrected chi connectivity index (χ1v) is 8.83. The van der Waals surface area contributed by atoms with Crippen molar-refractivity contribution in [1.29, 1.82) is 0 Å². The van der Waals surface area contributed by atoms with Crippen molar-refractivity contribution in [2.45, 2.75) is 51.3 Å². The minimum atomic E-state index is 0. The largest absolute Gasteiger partial charge is 0.491 e. The Balaban J connectivity index is 0.00000192. The van der Waals surface area contributed by atoms with Crippen molar-refractivity contribution in [3.63, 3.8) is 0 Å². The van der Waals surface area contributed by atoms with Crippen molar-refractivity contribution in [3.05, 3.63) is 28.2 Å². The standard InChI is InChI=1S/C17H23BrN2O2.ClH/c1-11(2)22-16-8-12(7-13(18)9-16)17(21)20-6-5-14-3-4-15(10-20)19-14;/h7-9,11,14-15,19H,3-6,10H2,1-2H3;1H. The van der Waals surface area contributed by atoms with Crippen molar-refractivity contribution >= 4 is 34.2 Å². The molecule has 2 atom stereocenters. The van der Waals surface area contributed by atoms with Crippen LogP contribution in [0.15, 0.2) is 22.7 Å². The molecule has 0 spiro atoms. The lowest BCUT2D eigenvalue weighted by molar-refractivity contribution is 0.0747. The average molecular weight is 404 g/mol. The number of hydrogen-bond donors (Lipinski definition) is 1.